The molecule has 20 heavy (non-hydrogen) atoms. The lowest BCUT2D eigenvalue weighted by Gasteiger charge is -2.29. The molecule has 0 aromatic carbocycles. The van der Waals surface area contributed by atoms with Gasteiger partial charge in [0.15, 0.2) is 0 Å². The van der Waals surface area contributed by atoms with Crippen LogP contribution in [0.3, 0.4) is 0 Å². The van der Waals surface area contributed by atoms with Gasteiger partial charge in [-0.15, -0.1) is 0 Å². The van der Waals surface area contributed by atoms with Crippen molar-refractivity contribution in [3.63, 3.8) is 0 Å². The summed E-state index contributed by atoms with van der Waals surface area (Å²) in [5.74, 6) is 1.21. The van der Waals surface area contributed by atoms with Crippen LogP contribution in [0.15, 0.2) is 11.1 Å². The number of piperidine rings is 1. The van der Waals surface area contributed by atoms with Gasteiger partial charge in [-0.25, -0.2) is 0 Å². The van der Waals surface area contributed by atoms with E-state index in [0.717, 1.165) is 32.5 Å². The van der Waals surface area contributed by atoms with Gasteiger partial charge in [-0.2, -0.15) is 0 Å². The van der Waals surface area contributed by atoms with Crippen LogP contribution in [0, 0.1) is 17.8 Å². The Hall–Kier alpha value is -0.805. The van der Waals surface area contributed by atoms with E-state index in [4.69, 9.17) is 7.85 Å². The van der Waals surface area contributed by atoms with Crippen LogP contribution in [-0.4, -0.2) is 47.0 Å². The lowest BCUT2D eigenvalue weighted by molar-refractivity contribution is -0.126. The minimum atomic E-state index is 0.183. The van der Waals surface area contributed by atoms with Crippen molar-refractivity contribution in [2.75, 3.05) is 33.2 Å². The van der Waals surface area contributed by atoms with Gasteiger partial charge in [0.05, 0.1) is 7.85 Å². The molecule has 1 amide bonds. The minimum absolute atomic E-state index is 0.183. The summed E-state index contributed by atoms with van der Waals surface area (Å²) in [6, 6.07) is 0. The van der Waals surface area contributed by atoms with E-state index in [1.807, 2.05) is 7.05 Å². The average molecular weight is 275 g/mol. The Morgan fingerprint density at radius 1 is 1.55 bits per heavy atom. The van der Waals surface area contributed by atoms with Crippen molar-refractivity contribution in [2.24, 2.45) is 17.8 Å². The monoisotopic (exact) mass is 275 g/mol. The van der Waals surface area contributed by atoms with Crippen LogP contribution in [0.5, 0.6) is 0 Å². The summed E-state index contributed by atoms with van der Waals surface area (Å²) < 4.78 is 0. The number of amides is 1. The summed E-state index contributed by atoms with van der Waals surface area (Å²) >= 11 is 0. The van der Waals surface area contributed by atoms with E-state index in [9.17, 15) is 4.79 Å². The summed E-state index contributed by atoms with van der Waals surface area (Å²) in [6.45, 7) is 5.67. The maximum Gasteiger partial charge on any atom is 0.223 e. The Morgan fingerprint density at radius 2 is 2.35 bits per heavy atom. The van der Waals surface area contributed by atoms with Crippen molar-refractivity contribution in [1.82, 2.24) is 16.0 Å². The number of hydrogen-bond acceptors (Lipinski definition) is 3. The first-order valence-corrected chi connectivity index (χ1v) is 7.69. The van der Waals surface area contributed by atoms with E-state index in [0.29, 0.717) is 24.7 Å². The Bertz CT molecular complexity index is 383. The van der Waals surface area contributed by atoms with Gasteiger partial charge in [0.1, 0.15) is 0 Å². The van der Waals surface area contributed by atoms with Crippen LogP contribution in [-0.2, 0) is 4.79 Å². The number of fused-ring (bicyclic) bond motifs is 1. The molecule has 0 aromatic heterocycles. The first-order chi connectivity index (χ1) is 9.67. The van der Waals surface area contributed by atoms with E-state index in [1.165, 1.54) is 11.1 Å². The zero-order valence-electron chi connectivity index (χ0n) is 12.7. The lowest BCUT2D eigenvalue weighted by atomic mass is 9.79. The van der Waals surface area contributed by atoms with E-state index >= 15 is 0 Å². The molecule has 0 aliphatic carbocycles. The average Bonchev–Trinajstić information content (AvgIpc) is 2.64. The molecule has 5 heteroatoms. The highest BCUT2D eigenvalue weighted by atomic mass is 16.1. The smallest absolute Gasteiger partial charge is 0.223 e. The fraction of sp³-hybridized carbons (Fsp3) is 0.800. The third kappa shape index (κ3) is 3.44. The molecule has 110 valence electrons. The first kappa shape index (κ1) is 15.6. The van der Waals surface area contributed by atoms with Crippen LogP contribution < -0.4 is 16.0 Å². The number of carbonyl (C=O) groups is 1. The van der Waals surface area contributed by atoms with Crippen LogP contribution in [0.2, 0.25) is 6.32 Å². The predicted molar refractivity (Wildman–Crippen MR) is 82.8 cm³/mol. The molecule has 4 nitrogen and oxygen atoms in total. The van der Waals surface area contributed by atoms with Gasteiger partial charge in [-0.3, -0.25) is 4.79 Å². The lowest BCUT2D eigenvalue weighted by Crippen LogP contribution is -2.42. The van der Waals surface area contributed by atoms with Gasteiger partial charge >= 0.3 is 0 Å². The van der Waals surface area contributed by atoms with Gasteiger partial charge in [0.25, 0.3) is 0 Å². The third-order valence-corrected chi connectivity index (χ3v) is 4.83. The van der Waals surface area contributed by atoms with Crippen molar-refractivity contribution >= 4 is 13.8 Å². The second-order valence-corrected chi connectivity index (χ2v) is 6.06. The highest BCUT2D eigenvalue weighted by Crippen LogP contribution is 2.31. The van der Waals surface area contributed by atoms with Crippen LogP contribution in [0.4, 0.5) is 0 Å². The molecule has 2 aliphatic rings. The molecule has 2 aliphatic heterocycles. The molecule has 2 fully saturated rings. The maximum atomic E-state index is 12.2. The van der Waals surface area contributed by atoms with Crippen LogP contribution in [0.1, 0.15) is 19.8 Å². The van der Waals surface area contributed by atoms with Crippen molar-refractivity contribution in [2.45, 2.75) is 26.1 Å². The minimum Gasteiger partial charge on any atom is -0.352 e. The molecule has 1 unspecified atom stereocenters. The quantitative estimate of drug-likeness (QED) is 0.516. The standard InChI is InChI=1S/C15H26BN3O/c1-10(13(6-16)7-17-2)11-5-12-8-18-4-3-14(12)15(20)19-9-11/h12-14,17-18H,3-9H2,1-2H3,(H,19,20)/b11-10+/t12?,13-,14-/m0/s1. The van der Waals surface area contributed by atoms with Crippen molar-refractivity contribution in [3.05, 3.63) is 11.1 Å². The second-order valence-electron chi connectivity index (χ2n) is 6.06. The number of rotatable bonds is 4. The topological polar surface area (TPSA) is 53.2 Å². The molecular formula is C15H26BN3O. The molecule has 3 atom stereocenters. The molecule has 0 spiro atoms. The number of nitrogens with one attached hydrogen (secondary N) is 3. The highest BCUT2D eigenvalue weighted by Gasteiger charge is 2.34. The van der Waals surface area contributed by atoms with E-state index < -0.39 is 0 Å². The normalized spacial score (nSPS) is 31.0. The molecule has 0 bridgehead atoms. The molecule has 2 heterocycles. The predicted octanol–water partition coefficient (Wildman–Crippen LogP) is 0.471. The number of carbonyl (C=O) groups excluding carboxylic acids is 1. The summed E-state index contributed by atoms with van der Waals surface area (Å²) in [5, 5.41) is 9.74. The molecule has 0 aromatic rings. The van der Waals surface area contributed by atoms with Crippen molar-refractivity contribution in [3.8, 4) is 0 Å². The zero-order valence-corrected chi connectivity index (χ0v) is 12.7. The fourth-order valence-electron chi connectivity index (χ4n) is 3.44. The highest BCUT2D eigenvalue weighted by molar-refractivity contribution is 6.08. The number of hydrogen-bond donors (Lipinski definition) is 3. The molecule has 2 radical (unpaired) electrons. The van der Waals surface area contributed by atoms with Gasteiger partial charge in [-0.05, 0) is 51.7 Å². The fourth-order valence-corrected chi connectivity index (χ4v) is 3.44. The molecular weight excluding hydrogens is 249 g/mol. The Morgan fingerprint density at radius 3 is 3.05 bits per heavy atom. The van der Waals surface area contributed by atoms with E-state index in [-0.39, 0.29) is 11.8 Å². The molecule has 2 saturated heterocycles. The Labute approximate surface area is 123 Å². The van der Waals surface area contributed by atoms with Crippen molar-refractivity contribution < 1.29 is 4.79 Å². The zero-order chi connectivity index (χ0) is 14.5. The second kappa shape index (κ2) is 7.27. The molecule has 0 saturated carbocycles. The van der Waals surface area contributed by atoms with Gasteiger partial charge in [-0.1, -0.05) is 17.5 Å². The first-order valence-electron chi connectivity index (χ1n) is 7.69. The largest absolute Gasteiger partial charge is 0.352 e. The van der Waals surface area contributed by atoms with Gasteiger partial charge in [0, 0.05) is 19.0 Å². The Balaban J connectivity index is 2.17. The summed E-state index contributed by atoms with van der Waals surface area (Å²) in [7, 11) is 7.85. The maximum absolute atomic E-state index is 12.2. The molecule has 3 N–H and O–H groups in total. The van der Waals surface area contributed by atoms with Crippen LogP contribution >= 0.6 is 0 Å². The Kier molecular flexibility index (Phi) is 5.67. The summed E-state index contributed by atoms with van der Waals surface area (Å²) in [6.07, 6.45) is 2.62. The van der Waals surface area contributed by atoms with Gasteiger partial charge < -0.3 is 16.0 Å². The van der Waals surface area contributed by atoms with Crippen molar-refractivity contribution in [1.29, 1.82) is 0 Å². The third-order valence-electron chi connectivity index (χ3n) is 4.83. The summed E-state index contributed by atoms with van der Waals surface area (Å²) in [5.41, 5.74) is 2.73. The summed E-state index contributed by atoms with van der Waals surface area (Å²) in [4.78, 5) is 12.2. The van der Waals surface area contributed by atoms with Crippen LogP contribution in [0.25, 0.3) is 0 Å². The SMILES string of the molecule is [B]C[C@@H](CNC)/C(C)=C1/CNC(=O)[C@H]2CCNCC2C1. The van der Waals surface area contributed by atoms with Gasteiger partial charge in [0.2, 0.25) is 5.91 Å². The molecule has 2 rings (SSSR count). The van der Waals surface area contributed by atoms with E-state index in [1.54, 1.807) is 0 Å². The van der Waals surface area contributed by atoms with E-state index in [2.05, 4.69) is 22.9 Å².